The maximum absolute atomic E-state index is 12.4. The maximum atomic E-state index is 12.4. The molecule has 1 atom stereocenters. The van der Waals surface area contributed by atoms with E-state index in [1.165, 1.54) is 0 Å². The van der Waals surface area contributed by atoms with Gasteiger partial charge in [-0.1, -0.05) is 25.1 Å². The molecule has 0 aliphatic carbocycles. The van der Waals surface area contributed by atoms with Crippen molar-refractivity contribution in [2.24, 2.45) is 0 Å². The lowest BCUT2D eigenvalue weighted by Crippen LogP contribution is -2.47. The number of benzene rings is 1. The van der Waals surface area contributed by atoms with Crippen LogP contribution >= 0.6 is 11.8 Å². The molecule has 2 rings (SSSR count). The normalized spacial score (nSPS) is 18.1. The number of carbonyl (C=O) groups excluding carboxylic acids is 1. The van der Waals surface area contributed by atoms with E-state index in [0.717, 1.165) is 24.2 Å². The molecule has 1 amide bonds. The van der Waals surface area contributed by atoms with E-state index in [1.807, 2.05) is 37.3 Å². The highest BCUT2D eigenvalue weighted by atomic mass is 32.2. The zero-order valence-corrected chi connectivity index (χ0v) is 14.2. The lowest BCUT2D eigenvalue weighted by atomic mass is 10.0. The second-order valence-electron chi connectivity index (χ2n) is 5.80. The molecule has 0 spiro atoms. The van der Waals surface area contributed by atoms with Crippen molar-refractivity contribution in [3.63, 3.8) is 0 Å². The monoisotopic (exact) mass is 342 g/mol. The van der Waals surface area contributed by atoms with Gasteiger partial charge in [-0.25, -0.2) is 8.78 Å². The number of piperidine rings is 1. The van der Waals surface area contributed by atoms with Crippen LogP contribution in [0.25, 0.3) is 0 Å². The largest absolute Gasteiger partial charge is 0.352 e. The van der Waals surface area contributed by atoms with Gasteiger partial charge in [-0.05, 0) is 31.4 Å². The first-order valence-corrected chi connectivity index (χ1v) is 8.99. The summed E-state index contributed by atoms with van der Waals surface area (Å²) in [4.78, 5) is 15.3. The van der Waals surface area contributed by atoms with Crippen molar-refractivity contribution < 1.29 is 13.6 Å². The van der Waals surface area contributed by atoms with E-state index in [9.17, 15) is 13.6 Å². The van der Waals surface area contributed by atoms with Gasteiger partial charge in [0.2, 0.25) is 5.91 Å². The minimum absolute atomic E-state index is 0.0497. The molecule has 1 fully saturated rings. The Morgan fingerprint density at radius 2 is 1.96 bits per heavy atom. The van der Waals surface area contributed by atoms with Crippen molar-refractivity contribution in [1.82, 2.24) is 10.2 Å². The van der Waals surface area contributed by atoms with Gasteiger partial charge in [0.1, 0.15) is 0 Å². The molecule has 1 saturated heterocycles. The summed E-state index contributed by atoms with van der Waals surface area (Å²) in [6.07, 6.45) is -0.0429. The van der Waals surface area contributed by atoms with Gasteiger partial charge < -0.3 is 5.32 Å². The summed E-state index contributed by atoms with van der Waals surface area (Å²) in [5, 5.41) is 2.98. The SMILES string of the molecule is CC[C@@H](Sc1ccccc1)C(=O)NC1CCN(CC(F)F)CC1. The summed E-state index contributed by atoms with van der Waals surface area (Å²) in [5.74, 6) is 0.0497. The van der Waals surface area contributed by atoms with Crippen molar-refractivity contribution in [2.45, 2.75) is 48.8 Å². The molecule has 6 heteroatoms. The van der Waals surface area contributed by atoms with Crippen LogP contribution in [0.4, 0.5) is 8.78 Å². The average Bonchev–Trinajstić information content (AvgIpc) is 2.55. The number of hydrogen-bond acceptors (Lipinski definition) is 3. The third-order valence-electron chi connectivity index (χ3n) is 4.01. The number of halogens is 2. The Morgan fingerprint density at radius 3 is 2.52 bits per heavy atom. The molecule has 1 aliphatic rings. The number of thioether (sulfide) groups is 1. The predicted octanol–water partition coefficient (Wildman–Crippen LogP) is 3.40. The van der Waals surface area contributed by atoms with E-state index < -0.39 is 6.43 Å². The van der Waals surface area contributed by atoms with Crippen LogP contribution < -0.4 is 5.32 Å². The highest BCUT2D eigenvalue weighted by molar-refractivity contribution is 8.00. The highest BCUT2D eigenvalue weighted by Gasteiger charge is 2.25. The third kappa shape index (κ3) is 6.11. The van der Waals surface area contributed by atoms with E-state index in [1.54, 1.807) is 16.7 Å². The third-order valence-corrected chi connectivity index (χ3v) is 5.39. The Hall–Kier alpha value is -1.14. The molecule has 128 valence electrons. The van der Waals surface area contributed by atoms with Crippen molar-refractivity contribution in [3.05, 3.63) is 30.3 Å². The van der Waals surface area contributed by atoms with E-state index in [-0.39, 0.29) is 23.7 Å². The van der Waals surface area contributed by atoms with Crippen LogP contribution in [-0.4, -0.2) is 48.2 Å². The fourth-order valence-corrected chi connectivity index (χ4v) is 3.72. The number of likely N-dealkylation sites (tertiary alicyclic amines) is 1. The van der Waals surface area contributed by atoms with E-state index in [4.69, 9.17) is 0 Å². The first kappa shape index (κ1) is 18.2. The molecule has 0 bridgehead atoms. The number of nitrogens with zero attached hydrogens (tertiary/aromatic N) is 1. The Bertz CT molecular complexity index is 479. The number of rotatable bonds is 7. The number of nitrogens with one attached hydrogen (secondary N) is 1. The smallest absolute Gasteiger partial charge is 0.251 e. The van der Waals surface area contributed by atoms with Crippen molar-refractivity contribution >= 4 is 17.7 Å². The molecule has 23 heavy (non-hydrogen) atoms. The fourth-order valence-electron chi connectivity index (χ4n) is 2.73. The number of amides is 1. The van der Waals surface area contributed by atoms with Gasteiger partial charge in [0.15, 0.2) is 0 Å². The molecule has 0 saturated carbocycles. The molecule has 0 unspecified atom stereocenters. The second kappa shape index (κ2) is 9.23. The van der Waals surface area contributed by atoms with Crippen LogP contribution in [0.5, 0.6) is 0 Å². The molecule has 1 N–H and O–H groups in total. The molecule has 1 heterocycles. The Kier molecular flexibility index (Phi) is 7.30. The summed E-state index contributed by atoms with van der Waals surface area (Å²) < 4.78 is 24.7. The summed E-state index contributed by atoms with van der Waals surface area (Å²) in [6.45, 7) is 3.09. The fraction of sp³-hybridized carbons (Fsp3) is 0.588. The van der Waals surface area contributed by atoms with Crippen LogP contribution in [-0.2, 0) is 4.79 Å². The van der Waals surface area contributed by atoms with E-state index >= 15 is 0 Å². The average molecular weight is 342 g/mol. The van der Waals surface area contributed by atoms with Gasteiger partial charge in [-0.3, -0.25) is 9.69 Å². The summed E-state index contributed by atoms with van der Waals surface area (Å²) in [6, 6.07) is 9.99. The van der Waals surface area contributed by atoms with Crippen molar-refractivity contribution in [2.75, 3.05) is 19.6 Å². The van der Waals surface area contributed by atoms with Crippen molar-refractivity contribution in [3.8, 4) is 0 Å². The summed E-state index contributed by atoms with van der Waals surface area (Å²) in [5.41, 5.74) is 0. The van der Waals surface area contributed by atoms with Crippen molar-refractivity contribution in [1.29, 1.82) is 0 Å². The van der Waals surface area contributed by atoms with Crippen LogP contribution in [0.2, 0.25) is 0 Å². The van der Waals surface area contributed by atoms with Crippen LogP contribution in [0.15, 0.2) is 35.2 Å². The minimum Gasteiger partial charge on any atom is -0.352 e. The number of hydrogen-bond donors (Lipinski definition) is 1. The van der Waals surface area contributed by atoms with Gasteiger partial charge in [0.05, 0.1) is 11.8 Å². The zero-order chi connectivity index (χ0) is 16.7. The first-order chi connectivity index (χ1) is 11.1. The molecule has 1 aliphatic heterocycles. The Balaban J connectivity index is 1.79. The summed E-state index contributed by atoms with van der Waals surface area (Å²) >= 11 is 1.57. The quantitative estimate of drug-likeness (QED) is 0.771. The summed E-state index contributed by atoms with van der Waals surface area (Å²) in [7, 11) is 0. The lowest BCUT2D eigenvalue weighted by Gasteiger charge is -2.32. The van der Waals surface area contributed by atoms with Gasteiger partial charge in [-0.15, -0.1) is 11.8 Å². The molecule has 1 aromatic carbocycles. The van der Waals surface area contributed by atoms with Crippen LogP contribution in [0.3, 0.4) is 0 Å². The van der Waals surface area contributed by atoms with Crippen LogP contribution in [0.1, 0.15) is 26.2 Å². The highest BCUT2D eigenvalue weighted by Crippen LogP contribution is 2.25. The molecule has 3 nitrogen and oxygen atoms in total. The molecule has 0 radical (unpaired) electrons. The van der Waals surface area contributed by atoms with Gasteiger partial charge in [0, 0.05) is 24.0 Å². The Morgan fingerprint density at radius 1 is 1.30 bits per heavy atom. The van der Waals surface area contributed by atoms with Gasteiger partial charge >= 0.3 is 0 Å². The standard InChI is InChI=1S/C17H24F2N2OS/c1-2-15(23-14-6-4-3-5-7-14)17(22)20-13-8-10-21(11-9-13)12-16(18)19/h3-7,13,15-16H,2,8-12H2,1H3,(H,20,22)/t15-/m1/s1. The van der Waals surface area contributed by atoms with E-state index in [0.29, 0.717) is 13.1 Å². The van der Waals surface area contributed by atoms with E-state index in [2.05, 4.69) is 5.32 Å². The Labute approximate surface area is 140 Å². The minimum atomic E-state index is -2.28. The van der Waals surface area contributed by atoms with Gasteiger partial charge in [0.25, 0.3) is 6.43 Å². The van der Waals surface area contributed by atoms with Gasteiger partial charge in [-0.2, -0.15) is 0 Å². The molecule has 1 aromatic rings. The first-order valence-electron chi connectivity index (χ1n) is 8.11. The second-order valence-corrected chi connectivity index (χ2v) is 7.08. The predicted molar refractivity (Wildman–Crippen MR) is 90.0 cm³/mol. The number of alkyl halides is 2. The molecular weight excluding hydrogens is 318 g/mol. The van der Waals surface area contributed by atoms with Crippen LogP contribution in [0, 0.1) is 0 Å². The molecular formula is C17H24F2N2OS. The zero-order valence-electron chi connectivity index (χ0n) is 13.4. The maximum Gasteiger partial charge on any atom is 0.251 e. The number of carbonyl (C=O) groups is 1. The lowest BCUT2D eigenvalue weighted by molar-refractivity contribution is -0.121. The molecule has 0 aromatic heterocycles. The topological polar surface area (TPSA) is 32.3 Å².